The fourth-order valence-corrected chi connectivity index (χ4v) is 2.78. The summed E-state index contributed by atoms with van der Waals surface area (Å²) < 4.78 is 0. The monoisotopic (exact) mass is 360 g/mol. The third-order valence-electron chi connectivity index (χ3n) is 4.05. The first-order chi connectivity index (χ1) is 11.5. The van der Waals surface area contributed by atoms with Crippen LogP contribution >= 0.6 is 0 Å². The number of hydrogen-bond acceptors (Lipinski definition) is 4. The van der Waals surface area contributed by atoms with Crippen molar-refractivity contribution >= 4 is 12.1 Å². The highest BCUT2D eigenvalue weighted by molar-refractivity contribution is 5.94. The van der Waals surface area contributed by atoms with Gasteiger partial charge < -0.3 is 5.32 Å². The number of carbonyl (C=O) groups excluding carboxylic acids is 1. The van der Waals surface area contributed by atoms with Gasteiger partial charge >= 0.3 is 0 Å². The third-order valence-corrected chi connectivity index (χ3v) is 4.05. The number of nitriles is 1. The summed E-state index contributed by atoms with van der Waals surface area (Å²) in [5, 5.41) is 12.0. The highest BCUT2D eigenvalue weighted by Gasteiger charge is 2.28. The molecular weight excluding hydrogens is 324 g/mol. The van der Waals surface area contributed by atoms with Crippen LogP contribution in [0.2, 0.25) is 0 Å². The van der Waals surface area contributed by atoms with Gasteiger partial charge in [-0.2, -0.15) is 5.26 Å². The Balaban J connectivity index is 0. The smallest absolute Gasteiger partial charge is 0.269 e. The summed E-state index contributed by atoms with van der Waals surface area (Å²) in [6.45, 7) is 9.19. The molecule has 0 radical (unpaired) electrons. The van der Waals surface area contributed by atoms with E-state index in [0.717, 1.165) is 31.5 Å². The van der Waals surface area contributed by atoms with Crippen LogP contribution in [0.1, 0.15) is 55.4 Å². The van der Waals surface area contributed by atoms with E-state index >= 15 is 0 Å². The number of likely N-dealkylation sites (tertiary alicyclic amines) is 1. The van der Waals surface area contributed by atoms with Crippen LogP contribution < -0.4 is 5.32 Å². The number of carbonyl (C=O) groups is 1. The first kappa shape index (κ1) is 26.0. The van der Waals surface area contributed by atoms with Crippen LogP contribution in [0.5, 0.6) is 0 Å². The van der Waals surface area contributed by atoms with E-state index in [2.05, 4.69) is 27.4 Å². The van der Waals surface area contributed by atoms with Crippen LogP contribution in [-0.2, 0) is 4.79 Å². The fraction of sp³-hybridized carbons (Fsp3) is 0.571. The normalized spacial score (nSPS) is 19.7. The second-order valence-electron chi connectivity index (χ2n) is 5.84. The minimum atomic E-state index is -0.120. The van der Waals surface area contributed by atoms with Crippen LogP contribution in [-0.4, -0.2) is 42.2 Å². The van der Waals surface area contributed by atoms with Gasteiger partial charge in [0.05, 0.1) is 6.07 Å². The molecule has 1 rings (SSSR count). The van der Waals surface area contributed by atoms with Crippen LogP contribution in [0.4, 0.5) is 0 Å². The Bertz CT molecular complexity index is 581. The molecule has 1 N–H and O–H groups in total. The van der Waals surface area contributed by atoms with Gasteiger partial charge in [-0.3, -0.25) is 14.7 Å². The summed E-state index contributed by atoms with van der Waals surface area (Å²) in [5.41, 5.74) is 1.19. The van der Waals surface area contributed by atoms with Gasteiger partial charge in [-0.05, 0) is 40.5 Å². The Hall–Kier alpha value is -2.19. The molecule has 5 heteroatoms. The standard InChI is InChI=1S/C19H28N4O.2CH4/c1-5-8-17(10-9-15(4)13-20)23-12-11-16(14-23)22-19(24)18(6-2)21-7-3;;/h5-9,16-17H,10-12,14H2,1-4H3,(H,22,24);2*1H4/b8-5+,15-9+,18-6-,21-7?;;/t16-,17?;;/m1../s1. The average Bonchev–Trinajstić information content (AvgIpc) is 3.04. The molecule has 0 bridgehead atoms. The van der Waals surface area contributed by atoms with E-state index in [1.54, 1.807) is 19.2 Å². The second-order valence-corrected chi connectivity index (χ2v) is 5.84. The van der Waals surface area contributed by atoms with E-state index in [4.69, 9.17) is 5.26 Å². The number of hydrogen-bond donors (Lipinski definition) is 1. The lowest BCUT2D eigenvalue weighted by Gasteiger charge is -2.24. The number of rotatable bonds is 7. The molecule has 1 aliphatic heterocycles. The van der Waals surface area contributed by atoms with Crippen molar-refractivity contribution in [2.24, 2.45) is 4.99 Å². The molecule has 1 fully saturated rings. The van der Waals surface area contributed by atoms with Gasteiger partial charge in [-0.15, -0.1) is 0 Å². The molecule has 2 atom stereocenters. The Kier molecular flexibility index (Phi) is 14.1. The SMILES string of the molecule is C.C.CC=N/C(=C\C)C(=O)N[C@@H]1CCN(C(/C=C/C)C/C=C(\C)C#N)C1. The Morgan fingerprint density at radius 2 is 2.08 bits per heavy atom. The van der Waals surface area contributed by atoms with Crippen molar-refractivity contribution in [2.75, 3.05) is 13.1 Å². The minimum absolute atomic E-state index is 0. The third kappa shape index (κ3) is 8.26. The van der Waals surface area contributed by atoms with Gasteiger partial charge in [0, 0.05) is 37.0 Å². The summed E-state index contributed by atoms with van der Waals surface area (Å²) in [6.07, 6.45) is 11.3. The van der Waals surface area contributed by atoms with Gasteiger partial charge in [0.15, 0.2) is 0 Å². The van der Waals surface area contributed by atoms with Crippen LogP contribution in [0.25, 0.3) is 0 Å². The highest BCUT2D eigenvalue weighted by atomic mass is 16.2. The lowest BCUT2D eigenvalue weighted by molar-refractivity contribution is -0.118. The Labute approximate surface area is 160 Å². The first-order valence-electron chi connectivity index (χ1n) is 8.45. The van der Waals surface area contributed by atoms with Gasteiger partial charge in [-0.25, -0.2) is 0 Å². The fourth-order valence-electron chi connectivity index (χ4n) is 2.78. The molecule has 1 heterocycles. The molecule has 0 aromatic rings. The molecule has 1 aliphatic rings. The van der Waals surface area contributed by atoms with E-state index < -0.39 is 0 Å². The first-order valence-corrected chi connectivity index (χ1v) is 8.45. The zero-order chi connectivity index (χ0) is 17.9. The second kappa shape index (κ2) is 14.0. The molecule has 26 heavy (non-hydrogen) atoms. The van der Waals surface area contributed by atoms with Crippen LogP contribution in [0.3, 0.4) is 0 Å². The van der Waals surface area contributed by atoms with Gasteiger partial charge in [0.2, 0.25) is 0 Å². The maximum absolute atomic E-state index is 12.2. The van der Waals surface area contributed by atoms with E-state index in [-0.39, 0.29) is 32.8 Å². The molecule has 1 saturated heterocycles. The number of amides is 1. The van der Waals surface area contributed by atoms with Crippen molar-refractivity contribution in [1.82, 2.24) is 10.2 Å². The molecule has 0 spiro atoms. The van der Waals surface area contributed by atoms with Crippen molar-refractivity contribution in [3.8, 4) is 6.07 Å². The van der Waals surface area contributed by atoms with Crippen molar-refractivity contribution in [2.45, 2.75) is 67.5 Å². The lowest BCUT2D eigenvalue weighted by Crippen LogP contribution is -2.39. The van der Waals surface area contributed by atoms with E-state index in [0.29, 0.717) is 5.70 Å². The Morgan fingerprint density at radius 1 is 1.38 bits per heavy atom. The number of nitrogens with one attached hydrogen (secondary N) is 1. The number of allylic oxidation sites excluding steroid dienone is 3. The predicted octanol–water partition coefficient (Wildman–Crippen LogP) is 4.25. The summed E-state index contributed by atoms with van der Waals surface area (Å²) in [4.78, 5) is 18.6. The molecule has 0 aliphatic carbocycles. The zero-order valence-electron chi connectivity index (χ0n) is 15.1. The molecule has 1 amide bonds. The van der Waals surface area contributed by atoms with Gasteiger partial charge in [0.1, 0.15) is 5.70 Å². The van der Waals surface area contributed by atoms with Crippen molar-refractivity contribution in [1.29, 1.82) is 5.26 Å². The van der Waals surface area contributed by atoms with Crippen molar-refractivity contribution in [3.63, 3.8) is 0 Å². The lowest BCUT2D eigenvalue weighted by atomic mass is 10.1. The molecule has 0 aromatic heterocycles. The topological polar surface area (TPSA) is 68.5 Å². The largest absolute Gasteiger partial charge is 0.347 e. The molecular formula is C21H36N4O. The van der Waals surface area contributed by atoms with Crippen LogP contribution in [0.15, 0.2) is 40.6 Å². The van der Waals surface area contributed by atoms with E-state index in [9.17, 15) is 4.79 Å². The summed E-state index contributed by atoms with van der Waals surface area (Å²) >= 11 is 0. The van der Waals surface area contributed by atoms with Gasteiger partial charge in [-0.1, -0.05) is 39.2 Å². The minimum Gasteiger partial charge on any atom is -0.347 e. The zero-order valence-corrected chi connectivity index (χ0v) is 15.1. The number of aliphatic imine (C=N–C) groups is 1. The maximum Gasteiger partial charge on any atom is 0.269 e. The highest BCUT2D eigenvalue weighted by Crippen LogP contribution is 2.17. The average molecular weight is 361 g/mol. The molecule has 1 unspecified atom stereocenters. The van der Waals surface area contributed by atoms with E-state index in [1.165, 1.54) is 0 Å². The quantitative estimate of drug-likeness (QED) is 0.319. The Morgan fingerprint density at radius 3 is 2.62 bits per heavy atom. The van der Waals surface area contributed by atoms with Crippen molar-refractivity contribution in [3.05, 3.63) is 35.6 Å². The molecule has 146 valence electrons. The van der Waals surface area contributed by atoms with Crippen molar-refractivity contribution < 1.29 is 4.79 Å². The van der Waals surface area contributed by atoms with Gasteiger partial charge in [0.25, 0.3) is 5.91 Å². The number of nitrogens with zero attached hydrogens (tertiary/aromatic N) is 3. The molecule has 0 saturated carbocycles. The maximum atomic E-state index is 12.2. The van der Waals surface area contributed by atoms with Crippen LogP contribution in [0, 0.1) is 11.3 Å². The predicted molar refractivity (Wildman–Crippen MR) is 112 cm³/mol. The summed E-state index contributed by atoms with van der Waals surface area (Å²) in [6, 6.07) is 2.55. The molecule has 5 nitrogen and oxygen atoms in total. The van der Waals surface area contributed by atoms with E-state index in [1.807, 2.05) is 32.9 Å². The summed E-state index contributed by atoms with van der Waals surface area (Å²) in [7, 11) is 0. The summed E-state index contributed by atoms with van der Waals surface area (Å²) in [5.74, 6) is -0.120. The molecule has 0 aromatic carbocycles.